The van der Waals surface area contributed by atoms with Gasteiger partial charge in [-0.3, -0.25) is 0 Å². The van der Waals surface area contributed by atoms with Gasteiger partial charge >= 0.3 is 0 Å². The molecule has 3 nitrogen and oxygen atoms in total. The summed E-state index contributed by atoms with van der Waals surface area (Å²) in [5.41, 5.74) is -0.0616. The summed E-state index contributed by atoms with van der Waals surface area (Å²) < 4.78 is 13.7. The first-order chi connectivity index (χ1) is 23.1. The molecule has 47 heavy (non-hydrogen) atoms. The van der Waals surface area contributed by atoms with Gasteiger partial charge in [-0.1, -0.05) is 147 Å². The lowest BCUT2D eigenvalue weighted by molar-refractivity contribution is -0.204. The van der Waals surface area contributed by atoms with Crippen LogP contribution in [0.2, 0.25) is 0 Å². The molecule has 0 amide bonds. The zero-order valence-corrected chi connectivity index (χ0v) is 32.1. The van der Waals surface area contributed by atoms with Crippen LogP contribution in [0.5, 0.6) is 0 Å². The third kappa shape index (κ3) is 21.7. The number of allylic oxidation sites excluding steroid dienone is 6. The Morgan fingerprint density at radius 2 is 0.957 bits per heavy atom. The van der Waals surface area contributed by atoms with E-state index in [2.05, 4.69) is 62.3 Å². The van der Waals surface area contributed by atoms with E-state index in [0.29, 0.717) is 0 Å². The molecule has 0 bridgehead atoms. The molecule has 0 N–H and O–H groups in total. The van der Waals surface area contributed by atoms with E-state index in [1.165, 1.54) is 173 Å². The second-order valence-corrected chi connectivity index (χ2v) is 15.3. The van der Waals surface area contributed by atoms with Crippen molar-refractivity contribution < 1.29 is 9.47 Å². The third-order valence-corrected chi connectivity index (χ3v) is 10.6. The molecule has 2 aliphatic heterocycles. The van der Waals surface area contributed by atoms with Gasteiger partial charge in [0.05, 0.1) is 6.61 Å². The maximum Gasteiger partial charge on any atom is 0.169 e. The van der Waals surface area contributed by atoms with Gasteiger partial charge in [-0.25, -0.2) is 0 Å². The highest BCUT2D eigenvalue weighted by atomic mass is 16.8. The number of nitrogens with zero attached hydrogens (tertiary/aromatic N) is 1. The molecule has 0 aliphatic carbocycles. The topological polar surface area (TPSA) is 21.7 Å². The summed E-state index contributed by atoms with van der Waals surface area (Å²) in [5.74, 6) is -0.325. The van der Waals surface area contributed by atoms with Crippen LogP contribution in [-0.4, -0.2) is 43.0 Å². The number of rotatable bonds is 31. The minimum Gasteiger partial charge on any atom is -0.347 e. The zero-order valence-electron chi connectivity index (χ0n) is 32.1. The van der Waals surface area contributed by atoms with Crippen molar-refractivity contribution in [1.82, 2.24) is 4.90 Å². The average Bonchev–Trinajstić information content (AvgIpc) is 3.41. The summed E-state index contributed by atoms with van der Waals surface area (Å²) in [6.07, 6.45) is 53.4. The molecule has 1 spiro atoms. The molecule has 2 aliphatic rings. The first kappa shape index (κ1) is 42.3. The highest BCUT2D eigenvalue weighted by Crippen LogP contribution is 2.43. The quantitative estimate of drug-likeness (QED) is 0.0548. The molecule has 274 valence electrons. The van der Waals surface area contributed by atoms with Crippen molar-refractivity contribution in [1.29, 1.82) is 0 Å². The van der Waals surface area contributed by atoms with Gasteiger partial charge in [-0.2, -0.15) is 0 Å². The van der Waals surface area contributed by atoms with E-state index in [9.17, 15) is 0 Å². The molecule has 2 rings (SSSR count). The van der Waals surface area contributed by atoms with Crippen molar-refractivity contribution >= 4 is 0 Å². The molecule has 2 fully saturated rings. The first-order valence-corrected chi connectivity index (χ1v) is 21.1. The lowest BCUT2D eigenvalue weighted by Crippen LogP contribution is -2.49. The van der Waals surface area contributed by atoms with E-state index in [4.69, 9.17) is 9.47 Å². The molecular formula is C44H81NO2. The SMILES string of the molecule is CCCCCC=CCC=CCCCCCCCCC1(CCCCCCCCC=CCCCCCCCC)OCC2(CCCN(C)C2)O1. The van der Waals surface area contributed by atoms with Crippen molar-refractivity contribution in [3.8, 4) is 0 Å². The fourth-order valence-corrected chi connectivity index (χ4v) is 7.63. The van der Waals surface area contributed by atoms with Crippen LogP contribution < -0.4 is 0 Å². The molecule has 2 unspecified atom stereocenters. The van der Waals surface area contributed by atoms with E-state index in [1.54, 1.807) is 0 Å². The number of likely N-dealkylation sites (tertiary alicyclic amines) is 1. The molecule has 0 aromatic carbocycles. The molecule has 2 saturated heterocycles. The molecule has 0 aromatic heterocycles. The summed E-state index contributed by atoms with van der Waals surface area (Å²) >= 11 is 0. The third-order valence-electron chi connectivity index (χ3n) is 10.6. The Morgan fingerprint density at radius 1 is 0.532 bits per heavy atom. The number of ether oxygens (including phenoxy) is 2. The van der Waals surface area contributed by atoms with Crippen LogP contribution in [0.1, 0.15) is 206 Å². The fourth-order valence-electron chi connectivity index (χ4n) is 7.63. The Morgan fingerprint density at radius 3 is 1.47 bits per heavy atom. The van der Waals surface area contributed by atoms with Crippen molar-refractivity contribution in [3.63, 3.8) is 0 Å². The summed E-state index contributed by atoms with van der Waals surface area (Å²) in [6, 6.07) is 0. The zero-order chi connectivity index (χ0) is 33.6. The van der Waals surface area contributed by atoms with Crippen LogP contribution in [0.15, 0.2) is 36.5 Å². The number of hydrogen-bond acceptors (Lipinski definition) is 3. The van der Waals surface area contributed by atoms with Crippen LogP contribution >= 0.6 is 0 Å². The van der Waals surface area contributed by atoms with Crippen LogP contribution in [0, 0.1) is 0 Å². The Bertz CT molecular complexity index is 790. The average molecular weight is 656 g/mol. The molecule has 0 aromatic rings. The molecule has 2 atom stereocenters. The second-order valence-electron chi connectivity index (χ2n) is 15.3. The molecule has 0 radical (unpaired) electrons. The summed E-state index contributed by atoms with van der Waals surface area (Å²) in [6.45, 7) is 7.59. The van der Waals surface area contributed by atoms with E-state index in [-0.39, 0.29) is 11.4 Å². The summed E-state index contributed by atoms with van der Waals surface area (Å²) in [7, 11) is 2.25. The molecule has 3 heteroatoms. The predicted molar refractivity (Wildman–Crippen MR) is 207 cm³/mol. The van der Waals surface area contributed by atoms with Gasteiger partial charge in [0, 0.05) is 19.4 Å². The first-order valence-electron chi connectivity index (χ1n) is 21.1. The lowest BCUT2D eigenvalue weighted by atomic mass is 9.93. The van der Waals surface area contributed by atoms with Gasteiger partial charge in [-0.15, -0.1) is 0 Å². The standard InChI is InChI=1S/C44H81NO2/c1-4-6-8-10-12-14-16-18-20-22-24-26-28-30-32-34-38-44(46-42-43(47-44)37-36-40-45(3)41-43)39-35-33-31-29-27-25-23-21-19-17-15-13-11-9-7-5-2/h12,14,18-21H,4-11,13,15-17,22-42H2,1-3H3. The number of unbranched alkanes of at least 4 members (excludes halogenated alkanes) is 21. The van der Waals surface area contributed by atoms with Gasteiger partial charge in [0.1, 0.15) is 5.60 Å². The number of likely N-dealkylation sites (N-methyl/N-ethyl adjacent to an activating group) is 1. The highest BCUT2D eigenvalue weighted by Gasteiger charge is 2.50. The van der Waals surface area contributed by atoms with Gasteiger partial charge in [0.25, 0.3) is 0 Å². The molecular weight excluding hydrogens is 574 g/mol. The van der Waals surface area contributed by atoms with Crippen molar-refractivity contribution in [2.24, 2.45) is 0 Å². The smallest absolute Gasteiger partial charge is 0.169 e. The van der Waals surface area contributed by atoms with Crippen molar-refractivity contribution in [3.05, 3.63) is 36.5 Å². The van der Waals surface area contributed by atoms with Crippen LogP contribution in [0.4, 0.5) is 0 Å². The normalized spacial score (nSPS) is 22.3. The summed E-state index contributed by atoms with van der Waals surface area (Å²) in [4.78, 5) is 2.45. The minimum absolute atomic E-state index is 0.0616. The Labute approximate surface area is 294 Å². The van der Waals surface area contributed by atoms with Gasteiger partial charge in [0.15, 0.2) is 5.79 Å². The molecule has 0 saturated carbocycles. The van der Waals surface area contributed by atoms with E-state index in [1.807, 2.05) is 0 Å². The summed E-state index contributed by atoms with van der Waals surface area (Å²) in [5, 5.41) is 0. The van der Waals surface area contributed by atoms with Crippen LogP contribution in [0.3, 0.4) is 0 Å². The maximum absolute atomic E-state index is 7.01. The largest absolute Gasteiger partial charge is 0.347 e. The van der Waals surface area contributed by atoms with E-state index >= 15 is 0 Å². The second kappa shape index (κ2) is 28.9. The van der Waals surface area contributed by atoms with Gasteiger partial charge < -0.3 is 14.4 Å². The van der Waals surface area contributed by atoms with Crippen LogP contribution in [0.25, 0.3) is 0 Å². The monoisotopic (exact) mass is 656 g/mol. The fraction of sp³-hybridized carbons (Fsp3) is 0.864. The van der Waals surface area contributed by atoms with E-state index < -0.39 is 0 Å². The van der Waals surface area contributed by atoms with Crippen molar-refractivity contribution in [2.75, 3.05) is 26.7 Å². The Balaban J connectivity index is 1.55. The van der Waals surface area contributed by atoms with E-state index in [0.717, 1.165) is 38.8 Å². The van der Waals surface area contributed by atoms with Gasteiger partial charge in [-0.05, 0) is 97.1 Å². The number of hydrogen-bond donors (Lipinski definition) is 0. The predicted octanol–water partition coefficient (Wildman–Crippen LogP) is 13.8. The molecule has 2 heterocycles. The Kier molecular flexibility index (Phi) is 26.0. The minimum atomic E-state index is -0.325. The number of piperidine rings is 1. The Hall–Kier alpha value is -0.900. The maximum atomic E-state index is 7.01. The van der Waals surface area contributed by atoms with Crippen LogP contribution in [-0.2, 0) is 9.47 Å². The highest BCUT2D eigenvalue weighted by molar-refractivity contribution is 4.96. The van der Waals surface area contributed by atoms with Gasteiger partial charge in [0.2, 0.25) is 0 Å². The van der Waals surface area contributed by atoms with Crippen molar-refractivity contribution in [2.45, 2.75) is 218 Å². The lowest BCUT2D eigenvalue weighted by Gasteiger charge is -2.39.